The molecule has 1 atom stereocenters. The second-order valence-electron chi connectivity index (χ2n) is 7.70. The van der Waals surface area contributed by atoms with Crippen LogP contribution in [0.25, 0.3) is 10.9 Å². The van der Waals surface area contributed by atoms with Crippen LogP contribution in [-0.2, 0) is 17.5 Å². The van der Waals surface area contributed by atoms with E-state index in [1.807, 2.05) is 0 Å². The molecule has 0 spiro atoms. The monoisotopic (exact) mass is 509 g/mol. The molecule has 0 aliphatic carbocycles. The van der Waals surface area contributed by atoms with Gasteiger partial charge >= 0.3 is 6.18 Å². The fourth-order valence-electron chi connectivity index (χ4n) is 3.79. The van der Waals surface area contributed by atoms with Gasteiger partial charge in [0, 0.05) is 22.3 Å². The number of pyridine rings is 1. The summed E-state index contributed by atoms with van der Waals surface area (Å²) in [4.78, 5) is 28.2. The zero-order valence-electron chi connectivity index (χ0n) is 17.2. The summed E-state index contributed by atoms with van der Waals surface area (Å²) in [5.41, 5.74) is 0.377. The van der Waals surface area contributed by atoms with Gasteiger partial charge in [0.2, 0.25) is 5.91 Å². The van der Waals surface area contributed by atoms with E-state index < -0.39 is 17.8 Å². The highest BCUT2D eigenvalue weighted by molar-refractivity contribution is 9.10. The second-order valence-corrected chi connectivity index (χ2v) is 8.62. The number of anilines is 1. The summed E-state index contributed by atoms with van der Waals surface area (Å²) < 4.78 is 42.4. The van der Waals surface area contributed by atoms with Gasteiger partial charge in [0.05, 0.1) is 34.7 Å². The van der Waals surface area contributed by atoms with Crippen LogP contribution in [0.4, 0.5) is 18.9 Å². The number of nitrogens with zero attached hydrogens (tertiary/aromatic N) is 3. The molecule has 1 aromatic carbocycles. The second kappa shape index (κ2) is 8.19. The first kappa shape index (κ1) is 22.3. The Labute approximate surface area is 189 Å². The highest BCUT2D eigenvalue weighted by atomic mass is 79.9. The number of hydrogen-bond donors (Lipinski definition) is 2. The zero-order valence-corrected chi connectivity index (χ0v) is 18.8. The molecule has 1 aliphatic heterocycles. The molecule has 168 valence electrons. The molecule has 3 heterocycles. The average Bonchev–Trinajstić information content (AvgIpc) is 3.24. The number of aromatic nitrogens is 3. The van der Waals surface area contributed by atoms with Crippen molar-refractivity contribution in [3.63, 3.8) is 0 Å². The molecule has 2 aromatic heterocycles. The Morgan fingerprint density at radius 2 is 2.06 bits per heavy atom. The molecule has 1 saturated heterocycles. The van der Waals surface area contributed by atoms with Crippen molar-refractivity contribution in [3.8, 4) is 0 Å². The summed E-state index contributed by atoms with van der Waals surface area (Å²) in [6, 6.07) is 5.25. The van der Waals surface area contributed by atoms with Crippen molar-refractivity contribution >= 4 is 44.3 Å². The third kappa shape index (κ3) is 4.34. The molecule has 4 rings (SSSR count). The van der Waals surface area contributed by atoms with Gasteiger partial charge in [-0.3, -0.25) is 14.3 Å². The van der Waals surface area contributed by atoms with Crippen LogP contribution in [0.1, 0.15) is 40.3 Å². The maximum absolute atomic E-state index is 13.4. The van der Waals surface area contributed by atoms with Crippen LogP contribution < -0.4 is 10.6 Å². The normalized spacial score (nSPS) is 16.4. The van der Waals surface area contributed by atoms with Crippen LogP contribution in [0.2, 0.25) is 0 Å². The molecule has 7 nitrogen and oxygen atoms in total. The molecule has 1 aliphatic rings. The fraction of sp³-hybridized carbons (Fsp3) is 0.333. The summed E-state index contributed by atoms with van der Waals surface area (Å²) in [5.74, 6) is -0.706. The summed E-state index contributed by atoms with van der Waals surface area (Å²) in [5, 5.41) is 10.3. The Hall–Kier alpha value is -2.95. The van der Waals surface area contributed by atoms with Gasteiger partial charge in [0.15, 0.2) is 0 Å². The third-order valence-electron chi connectivity index (χ3n) is 5.40. The van der Waals surface area contributed by atoms with Gasteiger partial charge in [-0.05, 0) is 44.5 Å². The number of benzene rings is 1. The predicted octanol–water partition coefficient (Wildman–Crippen LogP) is 4.36. The number of amides is 2. The van der Waals surface area contributed by atoms with Gasteiger partial charge < -0.3 is 10.6 Å². The smallest absolute Gasteiger partial charge is 0.351 e. The molecule has 3 aromatic rings. The first-order valence-electron chi connectivity index (χ1n) is 9.85. The van der Waals surface area contributed by atoms with E-state index in [-0.39, 0.29) is 23.0 Å². The molecule has 1 fully saturated rings. The number of hydrogen-bond acceptors (Lipinski definition) is 4. The maximum Gasteiger partial charge on any atom is 0.433 e. The Balaban J connectivity index is 1.68. The molecular formula is C21H19BrF3N5O2. The molecule has 32 heavy (non-hydrogen) atoms. The minimum atomic E-state index is -4.70. The lowest BCUT2D eigenvalue weighted by Crippen LogP contribution is -2.30. The Morgan fingerprint density at radius 1 is 1.31 bits per heavy atom. The minimum Gasteiger partial charge on any atom is -0.351 e. The van der Waals surface area contributed by atoms with Crippen LogP contribution in [0, 0.1) is 13.8 Å². The maximum atomic E-state index is 13.4. The van der Waals surface area contributed by atoms with Crippen molar-refractivity contribution in [1.82, 2.24) is 20.1 Å². The quantitative estimate of drug-likeness (QED) is 0.546. The van der Waals surface area contributed by atoms with Crippen molar-refractivity contribution in [3.05, 3.63) is 51.4 Å². The Bertz CT molecular complexity index is 1240. The summed E-state index contributed by atoms with van der Waals surface area (Å²) in [7, 11) is 0. The van der Waals surface area contributed by atoms with Gasteiger partial charge in [-0.25, -0.2) is 4.98 Å². The Kier molecular flexibility index (Phi) is 5.70. The van der Waals surface area contributed by atoms with Crippen LogP contribution >= 0.6 is 15.9 Å². The standard InChI is InChI=1S/C21H19BrF3N5O2/c1-10-19(11(2)30(29-10)9-13-4-6-18(31)26-13)28-20(32)15-8-17(21(23,24)25)27-16-5-3-12(22)7-14(15)16/h3,5,7-8,13H,4,6,9H2,1-2H3,(H,26,31)(H,28,32)/t13-/m0/s1. The molecule has 11 heteroatoms. The van der Waals surface area contributed by atoms with Gasteiger partial charge in [-0.2, -0.15) is 18.3 Å². The topological polar surface area (TPSA) is 88.9 Å². The number of carbonyl (C=O) groups is 2. The van der Waals surface area contributed by atoms with Crippen molar-refractivity contribution in [2.75, 3.05) is 5.32 Å². The van der Waals surface area contributed by atoms with E-state index in [0.717, 1.165) is 6.07 Å². The van der Waals surface area contributed by atoms with Gasteiger partial charge in [-0.1, -0.05) is 15.9 Å². The van der Waals surface area contributed by atoms with E-state index >= 15 is 0 Å². The number of carbonyl (C=O) groups excluding carboxylic acids is 2. The summed E-state index contributed by atoms with van der Waals surface area (Å²) in [6.45, 7) is 3.90. The third-order valence-corrected chi connectivity index (χ3v) is 5.90. The first-order valence-corrected chi connectivity index (χ1v) is 10.6. The molecule has 2 amide bonds. The van der Waals surface area contributed by atoms with Crippen molar-refractivity contribution < 1.29 is 22.8 Å². The summed E-state index contributed by atoms with van der Waals surface area (Å²) in [6.07, 6.45) is -3.55. The predicted molar refractivity (Wildman–Crippen MR) is 115 cm³/mol. The van der Waals surface area contributed by atoms with Crippen molar-refractivity contribution in [1.29, 1.82) is 0 Å². The molecule has 0 unspecified atom stereocenters. The highest BCUT2D eigenvalue weighted by Crippen LogP contribution is 2.32. The van der Waals surface area contributed by atoms with E-state index in [9.17, 15) is 22.8 Å². The first-order chi connectivity index (χ1) is 15.0. The van der Waals surface area contributed by atoms with Crippen LogP contribution in [0.3, 0.4) is 0 Å². The Morgan fingerprint density at radius 3 is 2.72 bits per heavy atom. The minimum absolute atomic E-state index is 0.0127. The van der Waals surface area contributed by atoms with Crippen LogP contribution in [-0.4, -0.2) is 32.6 Å². The lowest BCUT2D eigenvalue weighted by molar-refractivity contribution is -0.141. The number of fused-ring (bicyclic) bond motifs is 1. The molecular weight excluding hydrogens is 491 g/mol. The van der Waals surface area contributed by atoms with Crippen LogP contribution in [0.15, 0.2) is 28.7 Å². The van der Waals surface area contributed by atoms with Gasteiger partial charge in [-0.15, -0.1) is 0 Å². The molecule has 0 bridgehead atoms. The lowest BCUT2D eigenvalue weighted by atomic mass is 10.1. The molecule has 0 radical (unpaired) electrons. The lowest BCUT2D eigenvalue weighted by Gasteiger charge is -2.13. The number of alkyl halides is 3. The van der Waals surface area contributed by atoms with E-state index in [4.69, 9.17) is 0 Å². The van der Waals surface area contributed by atoms with Gasteiger partial charge in [0.25, 0.3) is 5.91 Å². The number of halogens is 4. The SMILES string of the molecule is Cc1nn(C[C@@H]2CCC(=O)N2)c(C)c1NC(=O)c1cc(C(F)(F)F)nc2ccc(Br)cc12. The van der Waals surface area contributed by atoms with Crippen LogP contribution in [0.5, 0.6) is 0 Å². The van der Waals surface area contributed by atoms with E-state index in [1.165, 1.54) is 6.07 Å². The average molecular weight is 510 g/mol. The van der Waals surface area contributed by atoms with E-state index in [0.29, 0.717) is 46.3 Å². The summed E-state index contributed by atoms with van der Waals surface area (Å²) >= 11 is 3.29. The number of aryl methyl sites for hydroxylation is 1. The molecule has 0 saturated carbocycles. The van der Waals surface area contributed by atoms with E-state index in [1.54, 1.807) is 30.7 Å². The van der Waals surface area contributed by atoms with E-state index in [2.05, 4.69) is 36.6 Å². The van der Waals surface area contributed by atoms with Gasteiger partial charge in [0.1, 0.15) is 5.69 Å². The highest BCUT2D eigenvalue weighted by Gasteiger charge is 2.34. The number of rotatable bonds is 4. The molecule has 2 N–H and O–H groups in total. The zero-order chi connectivity index (χ0) is 23.2. The fourth-order valence-corrected chi connectivity index (χ4v) is 4.15. The van der Waals surface area contributed by atoms with Crippen molar-refractivity contribution in [2.45, 2.75) is 45.5 Å². The largest absolute Gasteiger partial charge is 0.433 e. The number of nitrogens with one attached hydrogen (secondary N) is 2. The van der Waals surface area contributed by atoms with Crippen molar-refractivity contribution in [2.24, 2.45) is 0 Å².